The van der Waals surface area contributed by atoms with Gasteiger partial charge in [0.2, 0.25) is 0 Å². The van der Waals surface area contributed by atoms with Crippen LogP contribution in [-0.2, 0) is 5.41 Å². The van der Waals surface area contributed by atoms with Gasteiger partial charge in [-0.1, -0.05) is 75.5 Å². The average molecular weight is 670 g/mol. The second kappa shape index (κ2) is 11.8. The van der Waals surface area contributed by atoms with Gasteiger partial charge in [-0.3, -0.25) is 4.57 Å². The number of imidazole rings is 1. The van der Waals surface area contributed by atoms with Crippen molar-refractivity contribution in [2.45, 2.75) is 22.9 Å². The van der Waals surface area contributed by atoms with E-state index in [4.69, 9.17) is 4.98 Å². The largest absolute Gasteiger partial charge is 0.406 e. The lowest BCUT2D eigenvalue weighted by Crippen LogP contribution is -2.60. The summed E-state index contributed by atoms with van der Waals surface area (Å²) in [5.41, 5.74) is 20.6. The zero-order valence-corrected chi connectivity index (χ0v) is 34.2. The molecule has 1 unspecified atom stereocenters. The molecule has 3 nitrogen and oxygen atoms in total. The molecule has 0 spiro atoms. The van der Waals surface area contributed by atoms with E-state index in [9.17, 15) is 5.11 Å². The first-order valence-corrected chi connectivity index (χ1v) is 19.2. The minimum absolute atomic E-state index is 0.292. The second-order valence-electron chi connectivity index (χ2n) is 17.6. The Balaban J connectivity index is 1.66. The highest BCUT2D eigenvalue weighted by atomic mass is 16.3. The molecule has 1 N–H and O–H groups in total. The molecule has 16 heteroatoms. The lowest BCUT2D eigenvalue weighted by atomic mass is 9.24. The Hall–Kier alpha value is -3.89. The number of hydrogen-bond donors (Lipinski definition) is 1. The molecule has 1 aromatic heterocycles. The molecule has 0 radical (unpaired) electrons. The summed E-state index contributed by atoms with van der Waals surface area (Å²) in [5.74, 6) is 0.988. The summed E-state index contributed by atoms with van der Waals surface area (Å²) in [4.78, 5) is 5.13. The summed E-state index contributed by atoms with van der Waals surface area (Å²) < 4.78 is 2.43. The third-order valence-electron chi connectivity index (χ3n) is 13.7. The van der Waals surface area contributed by atoms with Crippen LogP contribution in [0.3, 0.4) is 0 Å². The van der Waals surface area contributed by atoms with E-state index in [2.05, 4.69) is 165 Å². The summed E-state index contributed by atoms with van der Waals surface area (Å²) in [7, 11) is 29.3. The van der Waals surface area contributed by atoms with Crippen molar-refractivity contribution in [3.63, 3.8) is 0 Å². The van der Waals surface area contributed by atoms with Gasteiger partial charge in [0.15, 0.2) is 0 Å². The minimum atomic E-state index is -1.04. The fourth-order valence-corrected chi connectivity index (χ4v) is 10.9. The van der Waals surface area contributed by atoms with Crippen molar-refractivity contribution in [1.82, 2.24) is 9.55 Å². The summed E-state index contributed by atoms with van der Waals surface area (Å²) in [6, 6.07) is 24.5. The number of aliphatic hydroxyl groups is 1. The summed E-state index contributed by atoms with van der Waals surface area (Å²) in [6.07, 6.45) is 0. The molecule has 53 heavy (non-hydrogen) atoms. The SMILES string of the molecule is Bc1c(B)c(B)c2c(-n3c(C)nc4ccccc43)c3c(B)c(B)c(B)c(B)c3c(-c3ccc4c(c3)C(C(B)(B)B)(C(B)(B)O)c3ccccc3-4)c2c1B. The van der Waals surface area contributed by atoms with Crippen LogP contribution in [0, 0.1) is 6.92 Å². The maximum atomic E-state index is 12.4. The van der Waals surface area contributed by atoms with Gasteiger partial charge in [-0.25, -0.2) is 4.98 Å². The molecular weight excluding hydrogens is 629 g/mol. The first-order valence-electron chi connectivity index (χ1n) is 19.2. The van der Waals surface area contributed by atoms with Crippen LogP contribution in [0.25, 0.3) is 60.5 Å². The van der Waals surface area contributed by atoms with Crippen LogP contribution in [0.2, 0.25) is 5.11 Å². The number of aryl methyl sites for hydroxylation is 1. The predicted molar refractivity (Wildman–Crippen MR) is 268 cm³/mol. The Morgan fingerprint density at radius 1 is 0.585 bits per heavy atom. The minimum Gasteiger partial charge on any atom is -0.406 e. The highest BCUT2D eigenvalue weighted by Crippen LogP contribution is 2.61. The van der Waals surface area contributed by atoms with Gasteiger partial charge in [-0.05, 0) is 80.0 Å². The highest BCUT2D eigenvalue weighted by Gasteiger charge is 2.58. The molecule has 6 aromatic carbocycles. The van der Waals surface area contributed by atoms with Gasteiger partial charge in [0.05, 0.1) is 40.3 Å². The van der Waals surface area contributed by atoms with Crippen LogP contribution >= 0.6 is 0 Å². The van der Waals surface area contributed by atoms with E-state index in [0.717, 1.165) is 16.9 Å². The van der Waals surface area contributed by atoms with E-state index in [1.54, 1.807) is 0 Å². The van der Waals surface area contributed by atoms with Gasteiger partial charge < -0.3 is 5.11 Å². The number of benzene rings is 6. The molecule has 0 fully saturated rings. The standard InChI is InChI=1S/C37H41B13N2O/c1-13-51-19-8-4-5-9-20(19)52(13)34-24-22(26(38)30(42)32(44)28(24)40)21(23-25(34)29(41)33(45)31(43)27(23)39)14-10-11-16-15-6-2-3-7-17(15)35(18(16)12-14,36(46,47)48)37(49,50)53/h2-12,53H,38-50H2,1H3. The fourth-order valence-electron chi connectivity index (χ4n) is 10.9. The molecule has 1 atom stereocenters. The molecule has 0 amide bonds. The summed E-state index contributed by atoms with van der Waals surface area (Å²) in [6.45, 7) is 2.15. The molecule has 0 bridgehead atoms. The van der Waals surface area contributed by atoms with Gasteiger partial charge in [-0.15, -0.1) is 21.9 Å². The van der Waals surface area contributed by atoms with Crippen molar-refractivity contribution in [3.8, 4) is 27.9 Å². The zero-order chi connectivity index (χ0) is 38.3. The quantitative estimate of drug-likeness (QED) is 0.150. The first-order chi connectivity index (χ1) is 24.9. The molecule has 1 aliphatic carbocycles. The fraction of sp³-hybridized carbons (Fsp3) is 0.108. The number of nitrogens with zero attached hydrogens (tertiary/aromatic N) is 2. The van der Waals surface area contributed by atoms with Crippen molar-refractivity contribution in [2.75, 3.05) is 0 Å². The van der Waals surface area contributed by atoms with Gasteiger partial charge >= 0.3 is 0 Å². The van der Waals surface area contributed by atoms with Crippen LogP contribution in [0.15, 0.2) is 66.7 Å². The number of hydrogen-bond acceptors (Lipinski definition) is 2. The van der Waals surface area contributed by atoms with Gasteiger partial charge in [0.1, 0.15) is 84.3 Å². The smallest absolute Gasteiger partial charge is 0.139 e. The lowest BCUT2D eigenvalue weighted by Gasteiger charge is -2.53. The van der Waals surface area contributed by atoms with Crippen LogP contribution in [0.4, 0.5) is 0 Å². The van der Waals surface area contributed by atoms with E-state index >= 15 is 0 Å². The van der Waals surface area contributed by atoms with Crippen LogP contribution in [-0.4, -0.2) is 122 Å². The Kier molecular flexibility index (Phi) is 8.04. The number of rotatable bonds is 4. The number of fused-ring (bicyclic) bond motifs is 6. The Bertz CT molecular complexity index is 2670. The number of aromatic nitrogens is 2. The molecule has 0 saturated heterocycles. The van der Waals surface area contributed by atoms with E-state index in [0.29, 0.717) is 0 Å². The Labute approximate surface area is 326 Å². The van der Waals surface area contributed by atoms with Crippen molar-refractivity contribution in [1.29, 1.82) is 0 Å². The highest BCUT2D eigenvalue weighted by molar-refractivity contribution is 6.71. The molecule has 1 aliphatic rings. The maximum absolute atomic E-state index is 12.4. The third kappa shape index (κ3) is 4.60. The molecule has 0 aliphatic heterocycles. The molecule has 7 aromatic rings. The second-order valence-corrected chi connectivity index (χ2v) is 17.6. The molecule has 1 heterocycles. The molecule has 0 saturated carbocycles. The van der Waals surface area contributed by atoms with Crippen LogP contribution in [0.1, 0.15) is 17.0 Å². The van der Waals surface area contributed by atoms with E-state index in [1.165, 1.54) is 104 Å². The summed E-state index contributed by atoms with van der Waals surface area (Å²) >= 11 is 0. The van der Waals surface area contributed by atoms with Crippen molar-refractivity contribution < 1.29 is 5.11 Å². The normalized spacial score (nSPS) is 15.7. The summed E-state index contributed by atoms with van der Waals surface area (Å²) in [5, 5.41) is 16.3. The van der Waals surface area contributed by atoms with E-state index in [-0.39, 0.29) is 5.11 Å². The van der Waals surface area contributed by atoms with Gasteiger partial charge in [0.25, 0.3) is 0 Å². The predicted octanol–water partition coefficient (Wildman–Crippen LogP) is -10.5. The topological polar surface area (TPSA) is 38.0 Å². The Morgan fingerprint density at radius 3 is 1.62 bits per heavy atom. The third-order valence-corrected chi connectivity index (χ3v) is 13.7. The van der Waals surface area contributed by atoms with Crippen LogP contribution in [0.5, 0.6) is 0 Å². The first kappa shape index (κ1) is 36.1. The van der Waals surface area contributed by atoms with E-state index < -0.39 is 10.8 Å². The Morgan fingerprint density at radius 2 is 1.08 bits per heavy atom. The van der Waals surface area contributed by atoms with Crippen LogP contribution < -0.4 is 43.7 Å². The van der Waals surface area contributed by atoms with Gasteiger partial charge in [-0.2, -0.15) is 0 Å². The van der Waals surface area contributed by atoms with E-state index in [1.807, 2.05) is 15.7 Å². The number of para-hydroxylation sites is 2. The molecule has 8 rings (SSSR count). The molecule has 244 valence electrons. The lowest BCUT2D eigenvalue weighted by molar-refractivity contribution is 0.138. The average Bonchev–Trinajstić information content (AvgIpc) is 3.61. The van der Waals surface area contributed by atoms with Crippen molar-refractivity contribution in [3.05, 3.63) is 83.7 Å². The monoisotopic (exact) mass is 672 g/mol. The zero-order valence-electron chi connectivity index (χ0n) is 34.2. The molecular formula is C37H41B13N2O. The van der Waals surface area contributed by atoms with Crippen molar-refractivity contribution in [2.24, 2.45) is 0 Å². The maximum Gasteiger partial charge on any atom is 0.139 e. The van der Waals surface area contributed by atoms with Crippen molar-refractivity contribution >= 4 is 178 Å². The van der Waals surface area contributed by atoms with Gasteiger partial charge in [0, 0.05) is 10.8 Å².